The van der Waals surface area contributed by atoms with Crippen molar-refractivity contribution in [2.24, 2.45) is 0 Å². The average Bonchev–Trinajstić information content (AvgIpc) is 3.57. The fraction of sp³-hybridized carbons (Fsp3) is 0.115. The van der Waals surface area contributed by atoms with Gasteiger partial charge >= 0.3 is 0 Å². The van der Waals surface area contributed by atoms with E-state index in [1.807, 2.05) is 0 Å². The molecule has 0 atom stereocenters. The molecule has 2 aliphatic rings. The van der Waals surface area contributed by atoms with Gasteiger partial charge in [-0.25, -0.2) is 0 Å². The Balaban J connectivity index is 1.21. The number of hydrogen-bond acceptors (Lipinski definition) is 1. The Hall–Kier alpha value is -6.18. The summed E-state index contributed by atoms with van der Waals surface area (Å²) in [5.41, 5.74) is 18.9. The summed E-state index contributed by atoms with van der Waals surface area (Å²) in [6.45, 7) is 9.48. The molecule has 2 aliphatic carbocycles. The lowest BCUT2D eigenvalue weighted by Crippen LogP contribution is -2.18. The molecular formula is C52H41N. The van der Waals surface area contributed by atoms with E-state index in [9.17, 15) is 0 Å². The van der Waals surface area contributed by atoms with Gasteiger partial charge in [0.25, 0.3) is 0 Å². The van der Waals surface area contributed by atoms with E-state index in [2.05, 4.69) is 209 Å². The van der Waals surface area contributed by atoms with Crippen molar-refractivity contribution >= 4 is 27.8 Å². The van der Waals surface area contributed by atoms with Crippen molar-refractivity contribution in [3.05, 3.63) is 198 Å². The molecule has 0 saturated carbocycles. The predicted molar refractivity (Wildman–Crippen MR) is 225 cm³/mol. The van der Waals surface area contributed by atoms with Crippen LogP contribution in [0.5, 0.6) is 0 Å². The van der Waals surface area contributed by atoms with Gasteiger partial charge in [0.05, 0.1) is 5.69 Å². The van der Waals surface area contributed by atoms with Crippen LogP contribution in [0.2, 0.25) is 0 Å². The number of hydrogen-bond donors (Lipinski definition) is 0. The molecule has 0 heterocycles. The summed E-state index contributed by atoms with van der Waals surface area (Å²) in [6, 6.07) is 65.4. The average molecular weight is 680 g/mol. The normalized spacial score (nSPS) is 14.3. The number of benzene rings is 8. The van der Waals surface area contributed by atoms with Gasteiger partial charge in [-0.15, -0.1) is 0 Å². The van der Waals surface area contributed by atoms with Crippen LogP contribution in [0.4, 0.5) is 17.1 Å². The molecule has 0 N–H and O–H groups in total. The molecule has 0 aromatic heterocycles. The highest BCUT2D eigenvalue weighted by molar-refractivity contribution is 5.95. The van der Waals surface area contributed by atoms with Gasteiger partial charge in [-0.3, -0.25) is 0 Å². The Morgan fingerprint density at radius 1 is 0.321 bits per heavy atom. The van der Waals surface area contributed by atoms with Crippen molar-refractivity contribution in [2.75, 3.05) is 4.90 Å². The topological polar surface area (TPSA) is 3.24 Å². The van der Waals surface area contributed by atoms with Gasteiger partial charge in [-0.1, -0.05) is 161 Å². The van der Waals surface area contributed by atoms with E-state index in [-0.39, 0.29) is 10.8 Å². The minimum atomic E-state index is -0.114. The van der Waals surface area contributed by atoms with E-state index >= 15 is 0 Å². The summed E-state index contributed by atoms with van der Waals surface area (Å²) >= 11 is 0. The molecule has 254 valence electrons. The quantitative estimate of drug-likeness (QED) is 0.175. The minimum absolute atomic E-state index is 0.114. The van der Waals surface area contributed by atoms with Gasteiger partial charge in [0.1, 0.15) is 0 Å². The first-order chi connectivity index (χ1) is 25.8. The van der Waals surface area contributed by atoms with E-state index in [1.165, 1.54) is 77.5 Å². The molecule has 0 bridgehead atoms. The zero-order valence-electron chi connectivity index (χ0n) is 30.7. The molecule has 0 radical (unpaired) electrons. The Morgan fingerprint density at radius 2 is 0.811 bits per heavy atom. The molecule has 8 aromatic rings. The van der Waals surface area contributed by atoms with Crippen LogP contribution >= 0.6 is 0 Å². The lowest BCUT2D eigenvalue weighted by molar-refractivity contribution is 0.660. The molecule has 0 aliphatic heterocycles. The largest absolute Gasteiger partial charge is 0.310 e. The number of rotatable bonds is 5. The van der Waals surface area contributed by atoms with Gasteiger partial charge < -0.3 is 4.90 Å². The molecule has 1 nitrogen and oxygen atoms in total. The molecule has 1 heteroatoms. The van der Waals surface area contributed by atoms with E-state index in [1.54, 1.807) is 0 Å². The van der Waals surface area contributed by atoms with Gasteiger partial charge in [0.15, 0.2) is 0 Å². The Morgan fingerprint density at radius 3 is 1.43 bits per heavy atom. The third kappa shape index (κ3) is 4.84. The van der Waals surface area contributed by atoms with E-state index in [0.717, 1.165) is 17.1 Å². The third-order valence-corrected chi connectivity index (χ3v) is 12.1. The summed E-state index contributed by atoms with van der Waals surface area (Å²) in [5, 5.41) is 2.51. The first kappa shape index (κ1) is 31.5. The van der Waals surface area contributed by atoms with Crippen molar-refractivity contribution in [3.63, 3.8) is 0 Å². The van der Waals surface area contributed by atoms with Crippen LogP contribution < -0.4 is 4.90 Å². The van der Waals surface area contributed by atoms with Gasteiger partial charge in [-0.2, -0.15) is 0 Å². The summed E-state index contributed by atoms with van der Waals surface area (Å²) < 4.78 is 0. The highest BCUT2D eigenvalue weighted by Gasteiger charge is 2.38. The molecule has 8 aromatic carbocycles. The van der Waals surface area contributed by atoms with Crippen LogP contribution in [0, 0.1) is 0 Å². The molecule has 0 spiro atoms. The molecule has 0 fully saturated rings. The zero-order chi connectivity index (χ0) is 35.9. The van der Waals surface area contributed by atoms with Crippen LogP contribution in [0.3, 0.4) is 0 Å². The second-order valence-electron chi connectivity index (χ2n) is 15.8. The Labute approximate surface area is 312 Å². The smallest absolute Gasteiger partial charge is 0.0540 e. The van der Waals surface area contributed by atoms with E-state index < -0.39 is 0 Å². The van der Waals surface area contributed by atoms with E-state index in [0.29, 0.717) is 0 Å². The van der Waals surface area contributed by atoms with Crippen molar-refractivity contribution < 1.29 is 0 Å². The standard InChI is InChI=1S/C52H41N/c1-51(2)46-20-12-10-18-41(46)43-27-25-39(32-48(43)51)53(40-26-28-44-42-19-11-13-21-47(42)52(3,4)49(44)33-40)50-29-24-38(31-45(50)35-15-6-5-7-16-35)37-23-22-34-14-8-9-17-36(34)30-37/h5-33H,1-4H3. The first-order valence-corrected chi connectivity index (χ1v) is 18.8. The van der Waals surface area contributed by atoms with Crippen molar-refractivity contribution in [1.82, 2.24) is 0 Å². The highest BCUT2D eigenvalue weighted by Crippen LogP contribution is 2.54. The summed E-state index contributed by atoms with van der Waals surface area (Å²) in [7, 11) is 0. The van der Waals surface area contributed by atoms with Crippen LogP contribution in [0.15, 0.2) is 176 Å². The molecule has 0 saturated heterocycles. The van der Waals surface area contributed by atoms with Crippen molar-refractivity contribution in [2.45, 2.75) is 38.5 Å². The van der Waals surface area contributed by atoms with Gasteiger partial charge in [-0.05, 0) is 114 Å². The molecular weight excluding hydrogens is 639 g/mol. The number of fused-ring (bicyclic) bond motifs is 7. The maximum absolute atomic E-state index is 2.51. The first-order valence-electron chi connectivity index (χ1n) is 18.8. The lowest BCUT2D eigenvalue weighted by atomic mass is 9.82. The van der Waals surface area contributed by atoms with Crippen LogP contribution in [-0.4, -0.2) is 0 Å². The van der Waals surface area contributed by atoms with Crippen LogP contribution in [0.25, 0.3) is 55.3 Å². The van der Waals surface area contributed by atoms with Gasteiger partial charge in [0.2, 0.25) is 0 Å². The number of nitrogens with zero attached hydrogens (tertiary/aromatic N) is 1. The molecule has 10 rings (SSSR count). The number of anilines is 3. The second-order valence-corrected chi connectivity index (χ2v) is 15.8. The lowest BCUT2D eigenvalue weighted by Gasteiger charge is -2.31. The fourth-order valence-corrected chi connectivity index (χ4v) is 9.22. The summed E-state index contributed by atoms with van der Waals surface area (Å²) in [6.07, 6.45) is 0. The van der Waals surface area contributed by atoms with Crippen molar-refractivity contribution in [1.29, 1.82) is 0 Å². The fourth-order valence-electron chi connectivity index (χ4n) is 9.22. The molecule has 53 heavy (non-hydrogen) atoms. The van der Waals surface area contributed by atoms with E-state index in [4.69, 9.17) is 0 Å². The summed E-state index contributed by atoms with van der Waals surface area (Å²) in [5.74, 6) is 0. The second kappa shape index (κ2) is 11.7. The Kier molecular flexibility index (Phi) is 6.94. The summed E-state index contributed by atoms with van der Waals surface area (Å²) in [4.78, 5) is 2.51. The monoisotopic (exact) mass is 679 g/mol. The van der Waals surface area contributed by atoms with Gasteiger partial charge in [0, 0.05) is 27.8 Å². The SMILES string of the molecule is CC1(C)c2ccccc2-c2ccc(N(c3ccc4c(c3)C(C)(C)c3ccccc3-4)c3ccc(-c4ccc5ccccc5c4)cc3-c3ccccc3)cc21. The minimum Gasteiger partial charge on any atom is -0.310 e. The molecule has 0 unspecified atom stereocenters. The van der Waals surface area contributed by atoms with Crippen LogP contribution in [0.1, 0.15) is 49.9 Å². The van der Waals surface area contributed by atoms with Crippen molar-refractivity contribution in [3.8, 4) is 44.5 Å². The van der Waals surface area contributed by atoms with Crippen LogP contribution in [-0.2, 0) is 10.8 Å². The maximum Gasteiger partial charge on any atom is 0.0540 e. The zero-order valence-corrected chi connectivity index (χ0v) is 30.7. The predicted octanol–water partition coefficient (Wildman–Crippen LogP) is 14.3. The molecule has 0 amide bonds. The Bertz CT molecular complexity index is 2620. The third-order valence-electron chi connectivity index (χ3n) is 12.1. The maximum atomic E-state index is 2.51. The highest BCUT2D eigenvalue weighted by atomic mass is 15.1.